The number of carbonyl (C=O) groups excluding carboxylic acids is 1. The summed E-state index contributed by atoms with van der Waals surface area (Å²) in [6, 6.07) is 0. The summed E-state index contributed by atoms with van der Waals surface area (Å²) in [4.78, 5) is 17.3. The van der Waals surface area contributed by atoms with Crippen molar-refractivity contribution in [3.05, 3.63) is 18.4 Å². The van der Waals surface area contributed by atoms with Crippen molar-refractivity contribution < 1.29 is 18.7 Å². The van der Waals surface area contributed by atoms with Gasteiger partial charge in [0.15, 0.2) is 0 Å². The number of oxazole rings is 1. The number of Topliss-reactive ketones (excluding diaryl/α,β-unsaturated/α-hetero) is 1. The maximum Gasteiger partial charge on any atom is 0.201 e. The van der Waals surface area contributed by atoms with Crippen molar-refractivity contribution in [2.24, 2.45) is 40.9 Å². The summed E-state index contributed by atoms with van der Waals surface area (Å²) >= 11 is 0. The van der Waals surface area contributed by atoms with Gasteiger partial charge in [-0.1, -0.05) is 6.92 Å². The molecule has 29 heavy (non-hydrogen) atoms. The highest BCUT2D eigenvalue weighted by atomic mass is 19.1. The van der Waals surface area contributed by atoms with E-state index in [0.717, 1.165) is 32.1 Å². The van der Waals surface area contributed by atoms with Gasteiger partial charge in [-0.25, -0.2) is 9.37 Å². The smallest absolute Gasteiger partial charge is 0.201 e. The molecular formula is C24H34FNO3. The van der Waals surface area contributed by atoms with E-state index in [4.69, 9.17) is 4.42 Å². The second-order valence-electron chi connectivity index (χ2n) is 10.8. The van der Waals surface area contributed by atoms with Crippen LogP contribution in [-0.2, 0) is 11.2 Å². The van der Waals surface area contributed by atoms with Gasteiger partial charge in [0.05, 0.1) is 18.2 Å². The van der Waals surface area contributed by atoms with Crippen LogP contribution in [0.1, 0.15) is 70.6 Å². The van der Waals surface area contributed by atoms with Crippen molar-refractivity contribution in [2.45, 2.75) is 76.7 Å². The number of fused-ring (bicyclic) bond motifs is 5. The van der Waals surface area contributed by atoms with E-state index < -0.39 is 12.3 Å². The van der Waals surface area contributed by atoms with Crippen molar-refractivity contribution in [1.29, 1.82) is 0 Å². The first-order valence-electron chi connectivity index (χ1n) is 11.6. The Hall–Kier alpha value is -1.23. The van der Waals surface area contributed by atoms with Crippen LogP contribution in [0.5, 0.6) is 0 Å². The van der Waals surface area contributed by atoms with E-state index in [1.807, 2.05) is 0 Å². The van der Waals surface area contributed by atoms with E-state index >= 15 is 0 Å². The van der Waals surface area contributed by atoms with Gasteiger partial charge in [-0.05, 0) is 92.8 Å². The fraction of sp³-hybridized carbons (Fsp3) is 0.833. The molecule has 1 N–H and O–H groups in total. The quantitative estimate of drug-likeness (QED) is 0.788. The average Bonchev–Trinajstić information content (AvgIpc) is 3.34. The number of hydrogen-bond acceptors (Lipinski definition) is 4. The number of rotatable bonds is 4. The monoisotopic (exact) mass is 403 g/mol. The van der Waals surface area contributed by atoms with Crippen molar-refractivity contribution in [3.63, 3.8) is 0 Å². The molecule has 0 amide bonds. The zero-order chi connectivity index (χ0) is 20.2. The molecule has 0 bridgehead atoms. The fourth-order valence-electron chi connectivity index (χ4n) is 8.23. The molecule has 0 saturated heterocycles. The molecule has 4 fully saturated rings. The molecule has 0 radical (unpaired) electrons. The number of aromatic nitrogens is 1. The summed E-state index contributed by atoms with van der Waals surface area (Å²) in [5.41, 5.74) is -0.964. The lowest BCUT2D eigenvalue weighted by Crippen LogP contribution is -2.52. The maximum absolute atomic E-state index is 13.3. The number of nitrogens with zero attached hydrogens (tertiary/aromatic N) is 1. The molecule has 0 spiro atoms. The van der Waals surface area contributed by atoms with Crippen LogP contribution in [0, 0.1) is 40.9 Å². The van der Waals surface area contributed by atoms with Crippen molar-refractivity contribution in [1.82, 2.24) is 4.98 Å². The molecule has 4 nitrogen and oxygen atoms in total. The lowest BCUT2D eigenvalue weighted by molar-refractivity contribution is -0.133. The number of hydrogen-bond donors (Lipinski definition) is 1. The van der Waals surface area contributed by atoms with Crippen LogP contribution < -0.4 is 0 Å². The predicted octanol–water partition coefficient (Wildman–Crippen LogP) is 4.76. The van der Waals surface area contributed by atoms with Gasteiger partial charge in [0.1, 0.15) is 18.7 Å². The van der Waals surface area contributed by atoms with E-state index in [0.29, 0.717) is 60.5 Å². The minimum Gasteiger partial charge on any atom is -0.449 e. The molecule has 0 aliphatic heterocycles. The summed E-state index contributed by atoms with van der Waals surface area (Å²) in [5, 5.41) is 10.5. The van der Waals surface area contributed by atoms with Crippen molar-refractivity contribution in [3.8, 4) is 0 Å². The van der Waals surface area contributed by atoms with Crippen LogP contribution in [0.2, 0.25) is 0 Å². The van der Waals surface area contributed by atoms with Crippen LogP contribution >= 0.6 is 0 Å². The SMILES string of the molecule is CC12CCC3C4CCC(O)(CF)CC4CCC3C1CCC2C(=O)Cc1ncco1. The summed E-state index contributed by atoms with van der Waals surface area (Å²) in [6.45, 7) is 1.77. The second kappa shape index (κ2) is 7.18. The average molecular weight is 404 g/mol. The molecular weight excluding hydrogens is 369 g/mol. The highest BCUT2D eigenvalue weighted by Crippen LogP contribution is 2.64. The molecule has 1 aromatic heterocycles. The third-order valence-corrected chi connectivity index (χ3v) is 9.55. The second-order valence-corrected chi connectivity index (χ2v) is 10.8. The van der Waals surface area contributed by atoms with Gasteiger partial charge in [-0.15, -0.1) is 0 Å². The van der Waals surface area contributed by atoms with E-state index in [2.05, 4.69) is 11.9 Å². The Morgan fingerprint density at radius 2 is 2.00 bits per heavy atom. The molecule has 4 saturated carbocycles. The summed E-state index contributed by atoms with van der Waals surface area (Å²) < 4.78 is 18.7. The number of halogens is 1. The molecule has 5 heteroatoms. The van der Waals surface area contributed by atoms with Gasteiger partial charge in [0.25, 0.3) is 0 Å². The molecule has 0 aromatic carbocycles. The Morgan fingerprint density at radius 3 is 2.76 bits per heavy atom. The largest absolute Gasteiger partial charge is 0.449 e. The van der Waals surface area contributed by atoms with Crippen LogP contribution in [-0.4, -0.2) is 28.1 Å². The zero-order valence-electron chi connectivity index (χ0n) is 17.5. The Balaban J connectivity index is 1.31. The molecule has 5 rings (SSSR count). The molecule has 8 unspecified atom stereocenters. The topological polar surface area (TPSA) is 63.3 Å². The lowest BCUT2D eigenvalue weighted by atomic mass is 9.49. The molecule has 4 aliphatic carbocycles. The molecule has 1 heterocycles. The highest BCUT2D eigenvalue weighted by molar-refractivity contribution is 5.83. The Bertz CT molecular complexity index is 751. The third-order valence-electron chi connectivity index (χ3n) is 9.55. The minimum absolute atomic E-state index is 0.103. The summed E-state index contributed by atoms with van der Waals surface area (Å²) in [7, 11) is 0. The molecule has 1 aromatic rings. The van der Waals surface area contributed by atoms with Crippen LogP contribution in [0.3, 0.4) is 0 Å². The first kappa shape index (κ1) is 19.7. The lowest BCUT2D eigenvalue weighted by Gasteiger charge is -2.56. The Morgan fingerprint density at radius 1 is 1.17 bits per heavy atom. The minimum atomic E-state index is -1.07. The first-order valence-corrected chi connectivity index (χ1v) is 11.6. The van der Waals surface area contributed by atoms with E-state index in [9.17, 15) is 14.3 Å². The highest BCUT2D eigenvalue weighted by Gasteiger charge is 2.59. The standard InChI is InChI=1S/C24H34FNO3/c1-23-8-6-17-16-7-9-24(28,14-25)13-15(16)2-3-18(17)19(23)4-5-20(23)21(27)12-22-26-10-11-29-22/h10-11,15-20,28H,2-9,12-14H2,1H3. The number of aliphatic hydroxyl groups is 1. The molecule has 4 aliphatic rings. The van der Waals surface area contributed by atoms with Gasteiger partial charge < -0.3 is 9.52 Å². The molecule has 160 valence electrons. The first-order chi connectivity index (χ1) is 13.9. The third kappa shape index (κ3) is 3.19. The van der Waals surface area contributed by atoms with E-state index in [-0.39, 0.29) is 11.3 Å². The van der Waals surface area contributed by atoms with Gasteiger partial charge >= 0.3 is 0 Å². The van der Waals surface area contributed by atoms with Crippen molar-refractivity contribution >= 4 is 5.78 Å². The number of alkyl halides is 1. The number of carbonyl (C=O) groups is 1. The normalized spacial score (nSPS) is 46.6. The van der Waals surface area contributed by atoms with Crippen LogP contribution in [0.15, 0.2) is 16.9 Å². The predicted molar refractivity (Wildman–Crippen MR) is 107 cm³/mol. The number of ketones is 1. The fourth-order valence-corrected chi connectivity index (χ4v) is 8.23. The summed E-state index contributed by atoms with van der Waals surface area (Å²) in [5.74, 6) is 4.13. The van der Waals surface area contributed by atoms with Crippen LogP contribution in [0.4, 0.5) is 4.39 Å². The van der Waals surface area contributed by atoms with Gasteiger partial charge in [-0.2, -0.15) is 0 Å². The molecule has 8 atom stereocenters. The van der Waals surface area contributed by atoms with Gasteiger partial charge in [0, 0.05) is 5.92 Å². The van der Waals surface area contributed by atoms with E-state index in [1.54, 1.807) is 12.5 Å². The Kier molecular flexibility index (Phi) is 4.88. The van der Waals surface area contributed by atoms with Crippen LogP contribution in [0.25, 0.3) is 0 Å². The Labute approximate surface area is 172 Å². The van der Waals surface area contributed by atoms with E-state index in [1.165, 1.54) is 12.8 Å². The van der Waals surface area contributed by atoms with Gasteiger partial charge in [0.2, 0.25) is 5.89 Å². The zero-order valence-corrected chi connectivity index (χ0v) is 17.5. The van der Waals surface area contributed by atoms with Gasteiger partial charge in [-0.3, -0.25) is 4.79 Å². The maximum atomic E-state index is 13.3. The summed E-state index contributed by atoms with van der Waals surface area (Å²) in [6.07, 6.45) is 12.5. The van der Waals surface area contributed by atoms with Crippen molar-refractivity contribution in [2.75, 3.05) is 6.67 Å².